The zero-order valence-corrected chi connectivity index (χ0v) is 14.3. The number of hydrogen-bond donors (Lipinski definition) is 2. The minimum Gasteiger partial charge on any atom is -0.508 e. The highest BCUT2D eigenvalue weighted by Gasteiger charge is 2.22. The second-order valence-electron chi connectivity index (χ2n) is 6.05. The van der Waals surface area contributed by atoms with E-state index in [4.69, 9.17) is 0 Å². The van der Waals surface area contributed by atoms with Gasteiger partial charge in [-0.3, -0.25) is 4.79 Å². The Balaban J connectivity index is 1.97. The number of likely N-dealkylation sites (N-methyl/N-ethyl adjacent to an activating group) is 1. The van der Waals surface area contributed by atoms with E-state index in [2.05, 4.69) is 5.32 Å². The van der Waals surface area contributed by atoms with Crippen LogP contribution >= 0.6 is 0 Å². The Hall–Kier alpha value is -2.47. The molecule has 2 N–H and O–H groups in total. The van der Waals surface area contributed by atoms with Crippen molar-refractivity contribution in [3.8, 4) is 5.75 Å². The molecule has 134 valence electrons. The van der Waals surface area contributed by atoms with Crippen molar-refractivity contribution in [3.63, 3.8) is 0 Å². The van der Waals surface area contributed by atoms with Crippen molar-refractivity contribution in [3.05, 3.63) is 65.2 Å². The number of carbonyl (C=O) groups is 1. The van der Waals surface area contributed by atoms with Crippen LogP contribution in [-0.4, -0.2) is 36.6 Å². The summed E-state index contributed by atoms with van der Waals surface area (Å²) >= 11 is 0. The summed E-state index contributed by atoms with van der Waals surface area (Å²) in [6, 6.07) is 9.92. The topological polar surface area (TPSA) is 52.6 Å². The summed E-state index contributed by atoms with van der Waals surface area (Å²) < 4.78 is 28.0. The molecule has 0 unspecified atom stereocenters. The summed E-state index contributed by atoms with van der Waals surface area (Å²) in [5.41, 5.74) is 0.621. The van der Waals surface area contributed by atoms with Crippen LogP contribution in [0.1, 0.15) is 23.6 Å². The van der Waals surface area contributed by atoms with E-state index < -0.39 is 17.7 Å². The van der Waals surface area contributed by atoms with Crippen LogP contribution in [0.15, 0.2) is 42.5 Å². The molecule has 0 aromatic heterocycles. The Kier molecular flexibility index (Phi) is 6.47. The first kappa shape index (κ1) is 18.9. The summed E-state index contributed by atoms with van der Waals surface area (Å²) in [5, 5.41) is 12.4. The van der Waals surface area contributed by atoms with Crippen LogP contribution in [0.4, 0.5) is 8.78 Å². The van der Waals surface area contributed by atoms with Gasteiger partial charge in [-0.1, -0.05) is 24.3 Å². The van der Waals surface area contributed by atoms with E-state index in [1.165, 1.54) is 18.2 Å². The van der Waals surface area contributed by atoms with Crippen LogP contribution in [0.25, 0.3) is 0 Å². The van der Waals surface area contributed by atoms with E-state index in [9.17, 15) is 18.7 Å². The van der Waals surface area contributed by atoms with Crippen molar-refractivity contribution in [2.45, 2.75) is 18.9 Å². The number of nitrogens with one attached hydrogen (secondary N) is 1. The quantitative estimate of drug-likeness (QED) is 0.809. The lowest BCUT2D eigenvalue weighted by molar-refractivity contribution is -0.121. The molecule has 4 nitrogen and oxygen atoms in total. The largest absolute Gasteiger partial charge is 0.508 e. The van der Waals surface area contributed by atoms with Crippen molar-refractivity contribution < 1.29 is 18.7 Å². The number of aryl methyl sites for hydroxylation is 1. The van der Waals surface area contributed by atoms with Gasteiger partial charge in [-0.25, -0.2) is 8.78 Å². The monoisotopic (exact) mass is 348 g/mol. The standard InChI is InChI=1S/C19H22F2N2O2/c1-23(2)16(19-14(20)7-5-8-15(19)21)12-22-18(25)11-10-13-6-3-4-9-17(13)24/h3-9,16,24H,10-12H2,1-2H3,(H,22,25)/t16-/m1/s1. The molecule has 25 heavy (non-hydrogen) atoms. The summed E-state index contributed by atoms with van der Waals surface area (Å²) in [4.78, 5) is 13.7. The van der Waals surface area contributed by atoms with Crippen molar-refractivity contribution in [1.82, 2.24) is 10.2 Å². The Morgan fingerprint density at radius 3 is 2.36 bits per heavy atom. The number of para-hydroxylation sites is 1. The number of rotatable bonds is 7. The van der Waals surface area contributed by atoms with Crippen LogP contribution in [0.2, 0.25) is 0 Å². The van der Waals surface area contributed by atoms with Gasteiger partial charge in [0, 0.05) is 18.5 Å². The lowest BCUT2D eigenvalue weighted by Gasteiger charge is -2.25. The first-order valence-corrected chi connectivity index (χ1v) is 8.04. The Morgan fingerprint density at radius 1 is 1.12 bits per heavy atom. The molecule has 0 radical (unpaired) electrons. The number of nitrogens with zero attached hydrogens (tertiary/aromatic N) is 1. The average Bonchev–Trinajstić information content (AvgIpc) is 2.56. The minimum absolute atomic E-state index is 0.0616. The molecule has 0 spiro atoms. The Morgan fingerprint density at radius 2 is 1.76 bits per heavy atom. The highest BCUT2D eigenvalue weighted by Crippen LogP contribution is 2.24. The lowest BCUT2D eigenvalue weighted by atomic mass is 10.0. The van der Waals surface area contributed by atoms with E-state index in [1.54, 1.807) is 43.3 Å². The lowest BCUT2D eigenvalue weighted by Crippen LogP contribution is -2.35. The first-order chi connectivity index (χ1) is 11.9. The third kappa shape index (κ3) is 5.00. The fourth-order valence-electron chi connectivity index (χ4n) is 2.64. The van der Waals surface area contributed by atoms with Crippen LogP contribution in [0, 0.1) is 11.6 Å². The normalized spacial score (nSPS) is 12.2. The molecule has 1 amide bonds. The van der Waals surface area contributed by atoms with Crippen molar-refractivity contribution in [2.24, 2.45) is 0 Å². The van der Waals surface area contributed by atoms with Crippen LogP contribution in [-0.2, 0) is 11.2 Å². The summed E-state index contributed by atoms with van der Waals surface area (Å²) in [6.07, 6.45) is 0.566. The molecular weight excluding hydrogens is 326 g/mol. The third-order valence-corrected chi connectivity index (χ3v) is 4.06. The SMILES string of the molecule is CN(C)[C@H](CNC(=O)CCc1ccccc1O)c1c(F)cccc1F. The van der Waals surface area contributed by atoms with Crippen molar-refractivity contribution in [2.75, 3.05) is 20.6 Å². The number of hydrogen-bond acceptors (Lipinski definition) is 3. The fourth-order valence-corrected chi connectivity index (χ4v) is 2.64. The summed E-state index contributed by atoms with van der Waals surface area (Å²) in [6.45, 7) is 0.0878. The molecule has 2 aromatic carbocycles. The maximum Gasteiger partial charge on any atom is 0.220 e. The molecule has 1 atom stereocenters. The number of phenolic OH excluding ortho intramolecular Hbond substituents is 1. The third-order valence-electron chi connectivity index (χ3n) is 4.06. The molecule has 0 fully saturated rings. The van der Waals surface area contributed by atoms with Gasteiger partial charge >= 0.3 is 0 Å². The van der Waals surface area contributed by atoms with E-state index in [0.29, 0.717) is 12.0 Å². The van der Waals surface area contributed by atoms with Crippen LogP contribution in [0.5, 0.6) is 5.75 Å². The van der Waals surface area contributed by atoms with Gasteiger partial charge in [0.05, 0.1) is 6.04 Å². The zero-order valence-electron chi connectivity index (χ0n) is 14.3. The van der Waals surface area contributed by atoms with Gasteiger partial charge in [-0.05, 0) is 44.3 Å². The van der Waals surface area contributed by atoms with E-state index in [1.807, 2.05) is 0 Å². The molecule has 0 aliphatic heterocycles. The van der Waals surface area contributed by atoms with Crippen molar-refractivity contribution >= 4 is 5.91 Å². The summed E-state index contributed by atoms with van der Waals surface area (Å²) in [5.74, 6) is -1.37. The minimum atomic E-state index is -0.637. The number of benzene rings is 2. The van der Waals surface area contributed by atoms with Gasteiger partial charge in [0.2, 0.25) is 5.91 Å². The predicted molar refractivity (Wildman–Crippen MR) is 92.2 cm³/mol. The molecule has 0 bridgehead atoms. The van der Waals surface area contributed by atoms with E-state index >= 15 is 0 Å². The molecule has 0 aliphatic rings. The van der Waals surface area contributed by atoms with Gasteiger partial charge in [0.25, 0.3) is 0 Å². The number of amides is 1. The number of phenols is 1. The number of halogens is 2. The number of carbonyl (C=O) groups excluding carboxylic acids is 1. The van der Waals surface area contributed by atoms with Gasteiger partial charge in [0.1, 0.15) is 17.4 Å². The maximum absolute atomic E-state index is 14.0. The molecule has 2 aromatic rings. The highest BCUT2D eigenvalue weighted by atomic mass is 19.1. The predicted octanol–water partition coefficient (Wildman–Crippen LogP) is 3.02. The highest BCUT2D eigenvalue weighted by molar-refractivity contribution is 5.76. The maximum atomic E-state index is 14.0. The Labute approximate surface area is 146 Å². The van der Waals surface area contributed by atoms with Gasteiger partial charge < -0.3 is 15.3 Å². The second-order valence-corrected chi connectivity index (χ2v) is 6.05. The Bertz CT molecular complexity index is 715. The molecule has 2 rings (SSSR count). The molecule has 0 saturated heterocycles. The molecule has 0 aliphatic carbocycles. The molecular formula is C19H22F2N2O2. The molecule has 0 saturated carbocycles. The zero-order chi connectivity index (χ0) is 18.4. The fraction of sp³-hybridized carbons (Fsp3) is 0.316. The van der Waals surface area contributed by atoms with Crippen molar-refractivity contribution in [1.29, 1.82) is 0 Å². The molecule has 6 heteroatoms. The average molecular weight is 348 g/mol. The second kappa shape index (κ2) is 8.58. The first-order valence-electron chi connectivity index (χ1n) is 8.04. The molecule has 0 heterocycles. The summed E-state index contributed by atoms with van der Waals surface area (Å²) in [7, 11) is 3.40. The van der Waals surface area contributed by atoms with Gasteiger partial charge in [-0.15, -0.1) is 0 Å². The van der Waals surface area contributed by atoms with Crippen LogP contribution < -0.4 is 5.32 Å². The van der Waals surface area contributed by atoms with Gasteiger partial charge in [-0.2, -0.15) is 0 Å². The van der Waals surface area contributed by atoms with E-state index in [0.717, 1.165) is 0 Å². The smallest absolute Gasteiger partial charge is 0.220 e. The van der Waals surface area contributed by atoms with Gasteiger partial charge in [0.15, 0.2) is 0 Å². The van der Waals surface area contributed by atoms with E-state index in [-0.39, 0.29) is 30.2 Å². The van der Waals surface area contributed by atoms with Crippen LogP contribution in [0.3, 0.4) is 0 Å². The number of aromatic hydroxyl groups is 1.